The van der Waals surface area contributed by atoms with Crippen molar-refractivity contribution >= 4 is 29.4 Å². The summed E-state index contributed by atoms with van der Waals surface area (Å²) in [5.74, 6) is -0.109. The molecular weight excluding hydrogens is 501 g/mol. The highest BCUT2D eigenvalue weighted by Gasteiger charge is 2.39. The van der Waals surface area contributed by atoms with Crippen LogP contribution in [-0.4, -0.2) is 64.2 Å². The van der Waals surface area contributed by atoms with Gasteiger partial charge in [0.15, 0.2) is 0 Å². The molecule has 2 aliphatic rings. The topological polar surface area (TPSA) is 90.7 Å². The summed E-state index contributed by atoms with van der Waals surface area (Å²) in [5.41, 5.74) is 7.43. The summed E-state index contributed by atoms with van der Waals surface area (Å²) in [7, 11) is 0. The number of halogens is 1. The normalized spacial score (nSPS) is 18.1. The van der Waals surface area contributed by atoms with E-state index in [1.807, 2.05) is 44.0 Å². The summed E-state index contributed by atoms with van der Waals surface area (Å²) in [5, 5.41) is 5.73. The first-order valence-corrected chi connectivity index (χ1v) is 14.3. The van der Waals surface area contributed by atoms with Crippen LogP contribution in [0.5, 0.6) is 0 Å². The van der Waals surface area contributed by atoms with Gasteiger partial charge in [-0.3, -0.25) is 14.5 Å². The van der Waals surface area contributed by atoms with Crippen molar-refractivity contribution in [3.8, 4) is 0 Å². The van der Waals surface area contributed by atoms with Crippen molar-refractivity contribution in [3.05, 3.63) is 66.0 Å². The van der Waals surface area contributed by atoms with Gasteiger partial charge < -0.3 is 16.4 Å². The Balaban J connectivity index is 0.000000494. The van der Waals surface area contributed by atoms with Crippen molar-refractivity contribution in [1.29, 1.82) is 0 Å². The SMILES string of the molecule is CC(CC(N)CNC(=O)C(C)(C)N1CCN(C2CC2)SC1)C(=O)Nc1ccc(F)cc1.Cc1ccccc1. The van der Waals surface area contributed by atoms with Crippen molar-refractivity contribution in [2.24, 2.45) is 11.7 Å². The molecule has 1 aliphatic heterocycles. The van der Waals surface area contributed by atoms with Gasteiger partial charge in [-0.05, 0) is 64.3 Å². The van der Waals surface area contributed by atoms with E-state index in [2.05, 4.69) is 38.9 Å². The second kappa shape index (κ2) is 14.1. The van der Waals surface area contributed by atoms with E-state index >= 15 is 0 Å². The van der Waals surface area contributed by atoms with Crippen LogP contribution in [0, 0.1) is 18.7 Å². The molecule has 38 heavy (non-hydrogen) atoms. The van der Waals surface area contributed by atoms with Gasteiger partial charge in [0.05, 0.1) is 11.4 Å². The minimum absolute atomic E-state index is 0.0492. The van der Waals surface area contributed by atoms with E-state index in [1.165, 1.54) is 42.7 Å². The second-order valence-corrected chi connectivity index (χ2v) is 11.7. The van der Waals surface area contributed by atoms with Gasteiger partial charge in [-0.1, -0.05) is 54.8 Å². The van der Waals surface area contributed by atoms with Crippen LogP contribution in [-0.2, 0) is 9.59 Å². The lowest BCUT2D eigenvalue weighted by atomic mass is 9.99. The number of nitrogens with zero attached hydrogens (tertiary/aromatic N) is 2. The molecule has 1 heterocycles. The number of nitrogens with two attached hydrogens (primary N) is 1. The molecule has 2 aromatic rings. The summed E-state index contributed by atoms with van der Waals surface area (Å²) >= 11 is 1.81. The number of anilines is 1. The molecule has 9 heteroatoms. The van der Waals surface area contributed by atoms with Gasteiger partial charge in [0.2, 0.25) is 11.8 Å². The molecule has 1 aliphatic carbocycles. The summed E-state index contributed by atoms with van der Waals surface area (Å²) in [6.45, 7) is 9.93. The Kier molecular flexibility index (Phi) is 11.1. The van der Waals surface area contributed by atoms with E-state index in [0.29, 0.717) is 18.7 Å². The van der Waals surface area contributed by atoms with E-state index < -0.39 is 5.54 Å². The van der Waals surface area contributed by atoms with E-state index in [1.54, 1.807) is 6.92 Å². The number of nitrogens with one attached hydrogen (secondary N) is 2. The second-order valence-electron chi connectivity index (χ2n) is 10.7. The minimum atomic E-state index is -0.617. The molecule has 0 radical (unpaired) electrons. The average Bonchev–Trinajstić information content (AvgIpc) is 3.75. The molecule has 1 saturated carbocycles. The predicted molar refractivity (Wildman–Crippen MR) is 154 cm³/mol. The lowest BCUT2D eigenvalue weighted by Crippen LogP contribution is -2.59. The molecule has 1 saturated heterocycles. The maximum atomic E-state index is 13.0. The number of amides is 2. The Morgan fingerprint density at radius 3 is 2.29 bits per heavy atom. The number of benzene rings is 2. The smallest absolute Gasteiger partial charge is 0.240 e. The van der Waals surface area contributed by atoms with Crippen LogP contribution in [0.1, 0.15) is 45.6 Å². The molecular formula is C29H42FN5O2S. The third-order valence-electron chi connectivity index (χ3n) is 6.95. The Hall–Kier alpha value is -2.46. The minimum Gasteiger partial charge on any atom is -0.353 e. The Labute approximate surface area is 230 Å². The molecule has 2 fully saturated rings. The Bertz CT molecular complexity index is 1030. The van der Waals surface area contributed by atoms with Crippen molar-refractivity contribution in [3.63, 3.8) is 0 Å². The molecule has 0 bridgehead atoms. The molecule has 0 aromatic heterocycles. The molecule has 0 spiro atoms. The van der Waals surface area contributed by atoms with Gasteiger partial charge >= 0.3 is 0 Å². The van der Waals surface area contributed by atoms with Gasteiger partial charge in [0, 0.05) is 43.3 Å². The molecule has 2 atom stereocenters. The Morgan fingerprint density at radius 2 is 1.76 bits per heavy atom. The number of carbonyl (C=O) groups is 2. The first-order valence-electron chi connectivity index (χ1n) is 13.3. The molecule has 2 aromatic carbocycles. The fraction of sp³-hybridized carbons (Fsp3) is 0.517. The zero-order valence-electron chi connectivity index (χ0n) is 23.0. The average molecular weight is 544 g/mol. The van der Waals surface area contributed by atoms with Gasteiger partial charge in [0.25, 0.3) is 0 Å². The van der Waals surface area contributed by atoms with Crippen LogP contribution in [0.3, 0.4) is 0 Å². The quantitative estimate of drug-likeness (QED) is 0.407. The molecule has 4 N–H and O–H groups in total. The van der Waals surface area contributed by atoms with Crippen LogP contribution in [0.15, 0.2) is 54.6 Å². The third-order valence-corrected chi connectivity index (χ3v) is 8.19. The zero-order valence-corrected chi connectivity index (χ0v) is 23.8. The van der Waals surface area contributed by atoms with Crippen molar-refractivity contribution in [1.82, 2.24) is 14.5 Å². The van der Waals surface area contributed by atoms with Gasteiger partial charge in [-0.2, -0.15) is 0 Å². The van der Waals surface area contributed by atoms with Gasteiger partial charge in [0.1, 0.15) is 5.82 Å². The van der Waals surface area contributed by atoms with Crippen LogP contribution in [0.2, 0.25) is 0 Å². The van der Waals surface area contributed by atoms with E-state index in [0.717, 1.165) is 25.0 Å². The van der Waals surface area contributed by atoms with Gasteiger partial charge in [-0.25, -0.2) is 8.70 Å². The molecule has 4 rings (SSSR count). The number of carbonyl (C=O) groups excluding carboxylic acids is 2. The molecule has 208 valence electrons. The predicted octanol–water partition coefficient (Wildman–Crippen LogP) is 4.39. The highest BCUT2D eigenvalue weighted by molar-refractivity contribution is 7.97. The lowest BCUT2D eigenvalue weighted by molar-refractivity contribution is -0.131. The number of hydrogen-bond acceptors (Lipinski definition) is 6. The maximum absolute atomic E-state index is 13.0. The standard InChI is InChI=1S/C22H34FN5O2S.C7H8/c1-15(20(29)26-18-6-4-16(23)5-7-18)12-17(24)13-25-21(30)22(2,3)27-10-11-28(31-14-27)19-8-9-19;1-7-5-3-2-4-6-7/h4-7,15,17,19H,8-14,24H2,1-3H3,(H,25,30)(H,26,29);2-6H,1H3. The third kappa shape index (κ3) is 9.38. The van der Waals surface area contributed by atoms with Crippen LogP contribution in [0.25, 0.3) is 0 Å². The van der Waals surface area contributed by atoms with E-state index in [-0.39, 0.29) is 29.6 Å². The molecule has 2 amide bonds. The summed E-state index contributed by atoms with van der Waals surface area (Å²) < 4.78 is 15.4. The van der Waals surface area contributed by atoms with E-state index in [9.17, 15) is 14.0 Å². The van der Waals surface area contributed by atoms with Gasteiger partial charge in [-0.15, -0.1) is 0 Å². The highest BCUT2D eigenvalue weighted by Crippen LogP contribution is 2.35. The Morgan fingerprint density at radius 1 is 1.11 bits per heavy atom. The van der Waals surface area contributed by atoms with Crippen molar-refractivity contribution in [2.45, 2.75) is 64.6 Å². The maximum Gasteiger partial charge on any atom is 0.240 e. The van der Waals surface area contributed by atoms with Crippen molar-refractivity contribution in [2.75, 3.05) is 30.8 Å². The number of aryl methyl sites for hydroxylation is 1. The molecule has 7 nitrogen and oxygen atoms in total. The molecule has 2 unspecified atom stereocenters. The summed E-state index contributed by atoms with van der Waals surface area (Å²) in [6, 6.07) is 16.3. The van der Waals surface area contributed by atoms with E-state index in [4.69, 9.17) is 5.73 Å². The van der Waals surface area contributed by atoms with Crippen molar-refractivity contribution < 1.29 is 14.0 Å². The van der Waals surface area contributed by atoms with Crippen LogP contribution in [0.4, 0.5) is 10.1 Å². The lowest BCUT2D eigenvalue weighted by Gasteiger charge is -2.42. The van der Waals surface area contributed by atoms with Crippen LogP contribution < -0.4 is 16.4 Å². The largest absolute Gasteiger partial charge is 0.353 e. The fourth-order valence-electron chi connectivity index (χ4n) is 4.14. The first kappa shape index (κ1) is 30.1. The van der Waals surface area contributed by atoms with Crippen LogP contribution >= 0.6 is 11.9 Å². The zero-order chi connectivity index (χ0) is 27.7. The summed E-state index contributed by atoms with van der Waals surface area (Å²) in [4.78, 5) is 27.4. The number of rotatable bonds is 9. The highest BCUT2D eigenvalue weighted by atomic mass is 32.2. The monoisotopic (exact) mass is 543 g/mol. The first-order chi connectivity index (χ1) is 18.1. The fourth-order valence-corrected chi connectivity index (χ4v) is 5.52. The summed E-state index contributed by atoms with van der Waals surface area (Å²) in [6.07, 6.45) is 3.01. The number of hydrogen-bond donors (Lipinski definition) is 3.